The number of nitrogens with zero attached hydrogens (tertiary/aromatic N) is 3. The molecular weight excluding hydrogens is 570 g/mol. The predicted molar refractivity (Wildman–Crippen MR) is 185 cm³/mol. The van der Waals surface area contributed by atoms with Crippen molar-refractivity contribution >= 4 is 17.9 Å². The number of likely N-dealkylation sites (tertiary alicyclic amines) is 1. The lowest BCUT2D eigenvalue weighted by atomic mass is 9.93. The summed E-state index contributed by atoms with van der Waals surface area (Å²) in [4.78, 5) is 21.5. The molecule has 0 spiro atoms. The van der Waals surface area contributed by atoms with E-state index in [1.54, 1.807) is 0 Å². The van der Waals surface area contributed by atoms with Gasteiger partial charge in [-0.05, 0) is 90.5 Å². The van der Waals surface area contributed by atoms with Crippen molar-refractivity contribution in [3.8, 4) is 0 Å². The molecule has 0 aromatic heterocycles. The zero-order valence-electron chi connectivity index (χ0n) is 27.0. The summed E-state index contributed by atoms with van der Waals surface area (Å²) in [6.45, 7) is 7.81. The summed E-state index contributed by atoms with van der Waals surface area (Å²) in [5.74, 6) is 0.196. The number of ether oxygens (including phenoxy) is 2. The van der Waals surface area contributed by atoms with Gasteiger partial charge < -0.3 is 19.3 Å². The molecule has 0 N–H and O–H groups in total. The molecule has 46 heavy (non-hydrogen) atoms. The fourth-order valence-electron chi connectivity index (χ4n) is 7.50. The molecule has 0 saturated carbocycles. The molecule has 2 aliphatic carbocycles. The number of hydrogen-bond acceptors (Lipinski definition) is 6. The summed E-state index contributed by atoms with van der Waals surface area (Å²) in [5.41, 5.74) is 12.1. The van der Waals surface area contributed by atoms with E-state index in [2.05, 4.69) is 107 Å². The van der Waals surface area contributed by atoms with Crippen LogP contribution in [-0.2, 0) is 14.3 Å². The Morgan fingerprint density at radius 3 is 1.37 bits per heavy atom. The van der Waals surface area contributed by atoms with Crippen molar-refractivity contribution in [2.45, 2.75) is 25.7 Å². The van der Waals surface area contributed by atoms with Crippen LogP contribution in [-0.4, -0.2) is 93.2 Å². The molecule has 3 saturated heterocycles. The average Bonchev–Trinajstić information content (AvgIpc) is 3.68. The van der Waals surface area contributed by atoms with Crippen LogP contribution < -0.4 is 0 Å². The molecule has 3 fully saturated rings. The second kappa shape index (κ2) is 14.2. The van der Waals surface area contributed by atoms with Crippen molar-refractivity contribution in [1.82, 2.24) is 14.7 Å². The third-order valence-electron chi connectivity index (χ3n) is 9.64. The maximum atomic E-state index is 14.3. The van der Waals surface area contributed by atoms with Crippen molar-refractivity contribution < 1.29 is 14.3 Å². The first-order chi connectivity index (χ1) is 22.6. The van der Waals surface area contributed by atoms with Crippen LogP contribution in [0.5, 0.6) is 0 Å². The summed E-state index contributed by atoms with van der Waals surface area (Å²) in [7, 11) is 2.13. The van der Waals surface area contributed by atoms with E-state index in [1.165, 1.54) is 44.8 Å². The maximum absolute atomic E-state index is 14.3. The van der Waals surface area contributed by atoms with Crippen LogP contribution in [0.1, 0.15) is 36.8 Å². The molecule has 0 amide bonds. The number of likely N-dealkylation sites (N-methyl/N-ethyl adjacent to an activating group) is 1. The highest BCUT2D eigenvalue weighted by Crippen LogP contribution is 2.39. The van der Waals surface area contributed by atoms with E-state index < -0.39 is 0 Å². The Labute approximate surface area is 273 Å². The number of ketones is 1. The normalized spacial score (nSPS) is 25.3. The summed E-state index contributed by atoms with van der Waals surface area (Å²) >= 11 is 0. The number of benzene rings is 2. The number of morpholine rings is 2. The zero-order chi connectivity index (χ0) is 31.3. The van der Waals surface area contributed by atoms with Gasteiger partial charge in [0.15, 0.2) is 5.78 Å². The largest absolute Gasteiger partial charge is 0.378 e. The van der Waals surface area contributed by atoms with Gasteiger partial charge in [0.1, 0.15) is 0 Å². The molecule has 0 bridgehead atoms. The van der Waals surface area contributed by atoms with Gasteiger partial charge in [-0.1, -0.05) is 60.7 Å². The monoisotopic (exact) mass is 615 g/mol. The Hall–Kier alpha value is -3.97. The molecule has 2 aromatic rings. The lowest BCUT2D eigenvalue weighted by Crippen LogP contribution is -2.37. The lowest BCUT2D eigenvalue weighted by molar-refractivity contribution is -0.113. The fourth-order valence-corrected chi connectivity index (χ4v) is 7.50. The highest BCUT2D eigenvalue weighted by Gasteiger charge is 2.31. The van der Waals surface area contributed by atoms with Gasteiger partial charge >= 0.3 is 0 Å². The molecule has 3 aliphatic heterocycles. The van der Waals surface area contributed by atoms with Crippen molar-refractivity contribution in [2.24, 2.45) is 0 Å². The van der Waals surface area contributed by atoms with Gasteiger partial charge in [-0.25, -0.2) is 0 Å². The number of rotatable bonds is 6. The predicted octanol–water partition coefficient (Wildman–Crippen LogP) is 6.28. The summed E-state index contributed by atoms with van der Waals surface area (Å²) in [5, 5.41) is 0. The third kappa shape index (κ3) is 6.90. The van der Waals surface area contributed by atoms with Gasteiger partial charge in [-0.2, -0.15) is 0 Å². The van der Waals surface area contributed by atoms with Crippen LogP contribution in [0.4, 0.5) is 0 Å². The Bertz CT molecular complexity index is 1500. The van der Waals surface area contributed by atoms with Crippen LogP contribution in [0, 0.1) is 0 Å². The number of Topliss-reactive ketones (excluding diaryl/α,β-unsaturated/α-hetero) is 1. The topological polar surface area (TPSA) is 45.2 Å². The number of carbonyl (C=O) groups excluding carboxylic acids is 1. The first kappa shape index (κ1) is 30.7. The molecule has 5 aliphatic rings. The van der Waals surface area contributed by atoms with E-state index in [1.807, 2.05) is 0 Å². The molecular formula is C40H45N3O3. The van der Waals surface area contributed by atoms with Crippen LogP contribution in [0.2, 0.25) is 0 Å². The Morgan fingerprint density at radius 1 is 0.543 bits per heavy atom. The third-order valence-corrected chi connectivity index (χ3v) is 9.64. The second-order valence-corrected chi connectivity index (χ2v) is 12.9. The van der Waals surface area contributed by atoms with Crippen LogP contribution in [0.3, 0.4) is 0 Å². The van der Waals surface area contributed by atoms with Gasteiger partial charge in [0.05, 0.1) is 26.4 Å². The lowest BCUT2D eigenvalue weighted by Gasteiger charge is -2.32. The number of hydrogen-bond donors (Lipinski definition) is 0. The van der Waals surface area contributed by atoms with E-state index in [-0.39, 0.29) is 5.78 Å². The summed E-state index contributed by atoms with van der Waals surface area (Å²) < 4.78 is 11.4. The molecule has 0 atom stereocenters. The highest BCUT2D eigenvalue weighted by molar-refractivity contribution is 6.10. The number of piperidine rings is 1. The minimum Gasteiger partial charge on any atom is -0.378 e. The minimum absolute atomic E-state index is 0.196. The van der Waals surface area contributed by atoms with Gasteiger partial charge in [0.25, 0.3) is 0 Å². The van der Waals surface area contributed by atoms with E-state index in [0.29, 0.717) is 13.1 Å². The second-order valence-electron chi connectivity index (χ2n) is 12.9. The minimum atomic E-state index is 0.196. The van der Waals surface area contributed by atoms with Gasteiger partial charge in [0.2, 0.25) is 0 Å². The van der Waals surface area contributed by atoms with Crippen LogP contribution in [0.25, 0.3) is 12.2 Å². The molecule has 0 unspecified atom stereocenters. The summed E-state index contributed by atoms with van der Waals surface area (Å²) in [6.07, 6.45) is 13.0. The quantitative estimate of drug-likeness (QED) is 0.357. The number of carbonyl (C=O) groups is 1. The first-order valence-electron chi connectivity index (χ1n) is 16.9. The van der Waals surface area contributed by atoms with Gasteiger partial charge in [-0.15, -0.1) is 0 Å². The Kier molecular flexibility index (Phi) is 9.47. The molecule has 6 nitrogen and oxygen atoms in total. The standard InChI is InChI=1S/C40H45N3O3/c1-41-28-36(26-34-14-12-32(24-30-8-4-2-5-9-30)38(34)42-16-20-45-21-17-42)40(44)37(29-41)27-35-15-13-33(25-31-10-6-3-7-11-31)39(35)43-18-22-46-23-19-43/h2-11,24-27H,12-23,28-29H2,1H3. The van der Waals surface area contributed by atoms with Crippen molar-refractivity contribution in [3.05, 3.63) is 129 Å². The molecule has 0 radical (unpaired) electrons. The Balaban J connectivity index is 1.24. The average molecular weight is 616 g/mol. The smallest absolute Gasteiger partial charge is 0.187 e. The van der Waals surface area contributed by atoms with Crippen LogP contribution >= 0.6 is 0 Å². The van der Waals surface area contributed by atoms with Crippen molar-refractivity contribution in [1.29, 1.82) is 0 Å². The van der Waals surface area contributed by atoms with E-state index in [9.17, 15) is 4.79 Å². The van der Waals surface area contributed by atoms with Gasteiger partial charge in [-0.3, -0.25) is 9.69 Å². The summed E-state index contributed by atoms with van der Waals surface area (Å²) in [6, 6.07) is 21.2. The molecule has 238 valence electrons. The molecule has 2 aromatic carbocycles. The SMILES string of the molecule is CN1CC(=CC2=C(N3CCOCC3)C(=Cc3ccccc3)CC2)C(=O)C(=CC2=C(N3CCOCC3)C(=Cc3ccccc3)CC2)C1. The molecule has 7 rings (SSSR count). The highest BCUT2D eigenvalue weighted by atomic mass is 16.5. The van der Waals surface area contributed by atoms with Gasteiger partial charge in [0, 0.05) is 61.8 Å². The van der Waals surface area contributed by atoms with E-state index in [0.717, 1.165) is 89.4 Å². The first-order valence-corrected chi connectivity index (χ1v) is 16.9. The molecule has 3 heterocycles. The van der Waals surface area contributed by atoms with E-state index in [4.69, 9.17) is 9.47 Å². The Morgan fingerprint density at radius 2 is 0.957 bits per heavy atom. The fraction of sp³-hybridized carbons (Fsp3) is 0.375. The zero-order valence-corrected chi connectivity index (χ0v) is 27.0. The van der Waals surface area contributed by atoms with Crippen LogP contribution in [0.15, 0.2) is 118 Å². The number of allylic oxidation sites excluding steroid dienone is 6. The van der Waals surface area contributed by atoms with E-state index >= 15 is 0 Å². The maximum Gasteiger partial charge on any atom is 0.187 e. The van der Waals surface area contributed by atoms with Crippen molar-refractivity contribution in [3.63, 3.8) is 0 Å². The van der Waals surface area contributed by atoms with Crippen molar-refractivity contribution in [2.75, 3.05) is 72.7 Å². The molecule has 6 heteroatoms.